The Morgan fingerprint density at radius 1 is 1.18 bits per heavy atom. The first-order valence-corrected chi connectivity index (χ1v) is 4.78. The van der Waals surface area contributed by atoms with Crippen LogP contribution in [0, 0.1) is 0 Å². The van der Waals surface area contributed by atoms with Crippen molar-refractivity contribution < 1.29 is 29.3 Å². The molecule has 17 heavy (non-hydrogen) atoms. The number of hydrogen-bond acceptors (Lipinski definition) is 4. The highest BCUT2D eigenvalue weighted by Crippen LogP contribution is 2.18. The number of carbonyl (C=O) groups is 2. The molecule has 1 aromatic rings. The molecule has 0 saturated heterocycles. The Labute approximate surface area is 97.4 Å². The molecular formula is C11H12O6. The zero-order valence-electron chi connectivity index (χ0n) is 9.12. The second-order valence-electron chi connectivity index (χ2n) is 3.22. The van der Waals surface area contributed by atoms with Crippen molar-refractivity contribution in [2.75, 3.05) is 7.11 Å². The molecule has 92 valence electrons. The van der Waals surface area contributed by atoms with E-state index in [1.165, 1.54) is 19.2 Å². The lowest BCUT2D eigenvalue weighted by molar-refractivity contribution is -0.151. The van der Waals surface area contributed by atoms with Crippen LogP contribution in [0.3, 0.4) is 0 Å². The van der Waals surface area contributed by atoms with E-state index >= 15 is 0 Å². The van der Waals surface area contributed by atoms with Gasteiger partial charge < -0.3 is 19.7 Å². The molecule has 0 bridgehead atoms. The molecule has 0 aliphatic heterocycles. The molecule has 6 nitrogen and oxygen atoms in total. The van der Waals surface area contributed by atoms with Gasteiger partial charge in [-0.25, -0.2) is 4.79 Å². The minimum atomic E-state index is -1.40. The van der Waals surface area contributed by atoms with Crippen molar-refractivity contribution >= 4 is 11.9 Å². The van der Waals surface area contributed by atoms with E-state index in [1.54, 1.807) is 12.1 Å². The lowest BCUT2D eigenvalue weighted by Gasteiger charge is -2.13. The van der Waals surface area contributed by atoms with Gasteiger partial charge in [-0.15, -0.1) is 0 Å². The van der Waals surface area contributed by atoms with Crippen molar-refractivity contribution in [3.8, 4) is 11.5 Å². The minimum Gasteiger partial charge on any atom is -0.497 e. The summed E-state index contributed by atoms with van der Waals surface area (Å²) in [7, 11) is 1.50. The van der Waals surface area contributed by atoms with E-state index in [4.69, 9.17) is 19.7 Å². The van der Waals surface area contributed by atoms with E-state index in [2.05, 4.69) is 0 Å². The molecule has 1 unspecified atom stereocenters. The summed E-state index contributed by atoms with van der Waals surface area (Å²) in [5.41, 5.74) is 0. The number of methoxy groups -OCH3 is 1. The topological polar surface area (TPSA) is 93.1 Å². The third-order valence-corrected chi connectivity index (χ3v) is 1.97. The van der Waals surface area contributed by atoms with Gasteiger partial charge in [0.15, 0.2) is 0 Å². The number of carboxylic acid groups (broad SMARTS) is 2. The van der Waals surface area contributed by atoms with Crippen LogP contribution >= 0.6 is 0 Å². The second kappa shape index (κ2) is 5.74. The van der Waals surface area contributed by atoms with Crippen molar-refractivity contribution in [1.29, 1.82) is 0 Å². The van der Waals surface area contributed by atoms with Crippen LogP contribution in [-0.4, -0.2) is 35.4 Å². The van der Waals surface area contributed by atoms with Gasteiger partial charge >= 0.3 is 11.9 Å². The fourth-order valence-electron chi connectivity index (χ4n) is 1.16. The van der Waals surface area contributed by atoms with Gasteiger partial charge in [0, 0.05) is 0 Å². The summed E-state index contributed by atoms with van der Waals surface area (Å²) in [5.74, 6) is -1.67. The van der Waals surface area contributed by atoms with Gasteiger partial charge in [-0.1, -0.05) is 0 Å². The Balaban J connectivity index is 2.71. The molecule has 1 atom stereocenters. The Morgan fingerprint density at radius 2 is 1.71 bits per heavy atom. The smallest absolute Gasteiger partial charge is 0.345 e. The molecule has 0 heterocycles. The molecule has 0 amide bonds. The highest BCUT2D eigenvalue weighted by atomic mass is 16.5. The van der Waals surface area contributed by atoms with Crippen LogP contribution in [0.25, 0.3) is 0 Å². The molecule has 0 aromatic heterocycles. The molecule has 1 rings (SSSR count). The van der Waals surface area contributed by atoms with E-state index in [-0.39, 0.29) is 5.75 Å². The first kappa shape index (κ1) is 12.8. The molecule has 0 radical (unpaired) electrons. The highest BCUT2D eigenvalue weighted by Gasteiger charge is 2.22. The van der Waals surface area contributed by atoms with Crippen molar-refractivity contribution in [2.45, 2.75) is 12.5 Å². The van der Waals surface area contributed by atoms with Crippen LogP contribution in [0.1, 0.15) is 6.42 Å². The maximum absolute atomic E-state index is 10.7. The molecule has 6 heteroatoms. The van der Waals surface area contributed by atoms with Gasteiger partial charge in [-0.3, -0.25) is 4.79 Å². The normalized spacial score (nSPS) is 11.6. The lowest BCUT2D eigenvalue weighted by atomic mass is 10.2. The van der Waals surface area contributed by atoms with Gasteiger partial charge in [0.05, 0.1) is 13.5 Å². The van der Waals surface area contributed by atoms with Crippen LogP contribution < -0.4 is 9.47 Å². The van der Waals surface area contributed by atoms with Crippen molar-refractivity contribution in [2.24, 2.45) is 0 Å². The first-order chi connectivity index (χ1) is 8.02. The average Bonchev–Trinajstić information content (AvgIpc) is 2.28. The fourth-order valence-corrected chi connectivity index (χ4v) is 1.16. The average molecular weight is 240 g/mol. The number of hydrogen-bond donors (Lipinski definition) is 2. The number of aliphatic carboxylic acids is 2. The number of ether oxygens (including phenoxy) is 2. The zero-order chi connectivity index (χ0) is 12.8. The molecule has 0 aliphatic carbocycles. The third kappa shape index (κ3) is 4.02. The standard InChI is InChI=1S/C11H12O6/c1-16-7-2-4-8(5-3-7)17-9(11(14)15)6-10(12)13/h2-5,9H,6H2,1H3,(H,12,13)(H,14,15). The Bertz CT molecular complexity index is 397. The Morgan fingerprint density at radius 3 is 2.12 bits per heavy atom. The van der Waals surface area contributed by atoms with Gasteiger partial charge in [-0.2, -0.15) is 0 Å². The summed E-state index contributed by atoms with van der Waals surface area (Å²) < 4.78 is 9.97. The first-order valence-electron chi connectivity index (χ1n) is 4.78. The predicted octanol–water partition coefficient (Wildman–Crippen LogP) is 1.00. The summed E-state index contributed by atoms with van der Waals surface area (Å²) >= 11 is 0. The monoisotopic (exact) mass is 240 g/mol. The number of rotatable bonds is 6. The maximum atomic E-state index is 10.7. The summed E-state index contributed by atoms with van der Waals surface area (Å²) in [4.78, 5) is 21.2. The van der Waals surface area contributed by atoms with Crippen molar-refractivity contribution in [3.63, 3.8) is 0 Å². The van der Waals surface area contributed by atoms with Crippen LogP contribution in [0.4, 0.5) is 0 Å². The van der Waals surface area contributed by atoms with Crippen LogP contribution in [0.15, 0.2) is 24.3 Å². The van der Waals surface area contributed by atoms with Gasteiger partial charge in [0.25, 0.3) is 0 Å². The Hall–Kier alpha value is -2.24. The molecule has 0 spiro atoms. The maximum Gasteiger partial charge on any atom is 0.345 e. The zero-order valence-corrected chi connectivity index (χ0v) is 9.12. The van der Waals surface area contributed by atoms with Gasteiger partial charge in [0.2, 0.25) is 6.10 Å². The summed E-state index contributed by atoms with van der Waals surface area (Å²) in [5, 5.41) is 17.3. The molecule has 0 saturated carbocycles. The van der Waals surface area contributed by atoms with Crippen molar-refractivity contribution in [3.05, 3.63) is 24.3 Å². The highest BCUT2D eigenvalue weighted by molar-refractivity contribution is 5.79. The second-order valence-corrected chi connectivity index (χ2v) is 3.22. The van der Waals surface area contributed by atoms with E-state index in [0.29, 0.717) is 5.75 Å². The number of benzene rings is 1. The lowest BCUT2D eigenvalue weighted by Crippen LogP contribution is -2.29. The molecule has 0 fully saturated rings. The minimum absolute atomic E-state index is 0.277. The SMILES string of the molecule is COc1ccc(OC(CC(=O)O)C(=O)O)cc1. The van der Waals surface area contributed by atoms with Crippen LogP contribution in [-0.2, 0) is 9.59 Å². The van der Waals surface area contributed by atoms with Crippen molar-refractivity contribution in [1.82, 2.24) is 0 Å². The van der Waals surface area contributed by atoms with Gasteiger partial charge in [0.1, 0.15) is 11.5 Å². The summed E-state index contributed by atoms with van der Waals surface area (Å²) in [6.07, 6.45) is -2.00. The molecule has 0 aliphatic rings. The summed E-state index contributed by atoms with van der Waals surface area (Å²) in [6.45, 7) is 0. The van der Waals surface area contributed by atoms with E-state index in [1.807, 2.05) is 0 Å². The largest absolute Gasteiger partial charge is 0.497 e. The molecule has 1 aromatic carbocycles. The molecular weight excluding hydrogens is 228 g/mol. The van der Waals surface area contributed by atoms with Crippen LogP contribution in [0.5, 0.6) is 11.5 Å². The quantitative estimate of drug-likeness (QED) is 0.770. The van der Waals surface area contributed by atoms with Gasteiger partial charge in [-0.05, 0) is 24.3 Å². The van der Waals surface area contributed by atoms with E-state index < -0.39 is 24.5 Å². The Kier molecular flexibility index (Phi) is 4.33. The predicted molar refractivity (Wildman–Crippen MR) is 57.3 cm³/mol. The fraction of sp³-hybridized carbons (Fsp3) is 0.273. The van der Waals surface area contributed by atoms with Crippen LogP contribution in [0.2, 0.25) is 0 Å². The molecule has 2 N–H and O–H groups in total. The van der Waals surface area contributed by atoms with E-state index in [0.717, 1.165) is 0 Å². The summed E-state index contributed by atoms with van der Waals surface area (Å²) in [6, 6.07) is 6.21. The number of carboxylic acids is 2. The van der Waals surface area contributed by atoms with E-state index in [9.17, 15) is 9.59 Å². The third-order valence-electron chi connectivity index (χ3n) is 1.97.